The molecule has 1 saturated heterocycles. The Labute approximate surface area is 130 Å². The lowest BCUT2D eigenvalue weighted by atomic mass is 10.0. The summed E-state index contributed by atoms with van der Waals surface area (Å²) in [6.07, 6.45) is 1.96. The highest BCUT2D eigenvalue weighted by atomic mass is 31.1. The molecule has 2 aromatic carbocycles. The van der Waals surface area contributed by atoms with Crippen molar-refractivity contribution >= 4 is 27.8 Å². The first kappa shape index (κ1) is 14.9. The summed E-state index contributed by atoms with van der Waals surface area (Å²) < 4.78 is 22.7. The predicted molar refractivity (Wildman–Crippen MR) is 91.2 cm³/mol. The van der Waals surface area contributed by atoms with Crippen LogP contribution in [-0.4, -0.2) is 19.5 Å². The molecule has 110 valence electrons. The Morgan fingerprint density at radius 1 is 0.810 bits per heavy atom. The Balaban J connectivity index is 1.82. The first-order valence-electron chi connectivity index (χ1n) is 7.13. The molecular weight excluding hydrogens is 315 g/mol. The molecule has 1 fully saturated rings. The van der Waals surface area contributed by atoms with Crippen LogP contribution in [0.15, 0.2) is 60.7 Å². The van der Waals surface area contributed by atoms with E-state index in [1.165, 1.54) is 11.1 Å². The molecule has 0 spiro atoms. The normalized spacial score (nSPS) is 23.3. The first-order chi connectivity index (χ1) is 10.3. The standard InChI is InChI=1S/C15H19O3PSi2/c16-19-17-20-15(21-18-19,11-13-7-3-1-4-8-13)12-14-9-5-2-6-10-14/h1-10,19H,11-12,20-21H2. The lowest BCUT2D eigenvalue weighted by Crippen LogP contribution is -2.36. The molecule has 0 aromatic heterocycles. The second kappa shape index (κ2) is 6.86. The van der Waals surface area contributed by atoms with E-state index in [1.807, 2.05) is 12.1 Å². The van der Waals surface area contributed by atoms with E-state index in [2.05, 4.69) is 48.5 Å². The number of hydrogen-bond acceptors (Lipinski definition) is 3. The van der Waals surface area contributed by atoms with Gasteiger partial charge in [-0.3, -0.25) is 4.57 Å². The monoisotopic (exact) mass is 334 g/mol. The summed E-state index contributed by atoms with van der Waals surface area (Å²) in [7, 11) is -3.87. The molecule has 3 rings (SSSR count). The van der Waals surface area contributed by atoms with Crippen molar-refractivity contribution in [2.24, 2.45) is 0 Å². The van der Waals surface area contributed by atoms with Crippen LogP contribution in [0.25, 0.3) is 0 Å². The topological polar surface area (TPSA) is 35.5 Å². The number of benzene rings is 2. The fourth-order valence-corrected chi connectivity index (χ4v) is 11.0. The van der Waals surface area contributed by atoms with Crippen LogP contribution in [0.2, 0.25) is 4.66 Å². The fraction of sp³-hybridized carbons (Fsp3) is 0.200. The maximum absolute atomic E-state index is 11.5. The Hall–Kier alpha value is -0.976. The van der Waals surface area contributed by atoms with Gasteiger partial charge in [0.05, 0.1) is 0 Å². The van der Waals surface area contributed by atoms with Crippen molar-refractivity contribution in [3.8, 4) is 0 Å². The molecule has 0 aliphatic carbocycles. The Kier molecular flexibility index (Phi) is 4.88. The molecule has 0 amide bonds. The Bertz CT molecular complexity index is 553. The van der Waals surface area contributed by atoms with Crippen LogP contribution >= 0.6 is 8.25 Å². The van der Waals surface area contributed by atoms with Gasteiger partial charge in [0.2, 0.25) is 0 Å². The average molecular weight is 334 g/mol. The molecule has 1 aliphatic rings. The third kappa shape index (κ3) is 4.02. The summed E-state index contributed by atoms with van der Waals surface area (Å²) in [6.45, 7) is 0. The van der Waals surface area contributed by atoms with Gasteiger partial charge < -0.3 is 8.43 Å². The third-order valence-corrected chi connectivity index (χ3v) is 10.3. The largest absolute Gasteiger partial charge is 0.361 e. The van der Waals surface area contributed by atoms with Crippen molar-refractivity contribution in [2.75, 3.05) is 0 Å². The number of hydrogen-bond donors (Lipinski definition) is 0. The second-order valence-electron chi connectivity index (χ2n) is 5.65. The molecule has 3 nitrogen and oxygen atoms in total. The predicted octanol–water partition coefficient (Wildman–Crippen LogP) is 2.19. The molecule has 1 aliphatic heterocycles. The van der Waals surface area contributed by atoms with Crippen molar-refractivity contribution in [3.63, 3.8) is 0 Å². The summed E-state index contributed by atoms with van der Waals surface area (Å²) in [6, 6.07) is 21.0. The fourth-order valence-electron chi connectivity index (χ4n) is 2.83. The van der Waals surface area contributed by atoms with E-state index in [-0.39, 0.29) is 4.66 Å². The highest BCUT2D eigenvalue weighted by Crippen LogP contribution is 2.43. The lowest BCUT2D eigenvalue weighted by molar-refractivity contribution is 0.394. The summed E-state index contributed by atoms with van der Waals surface area (Å²) in [4.78, 5) is 0. The minimum atomic E-state index is -2.17. The minimum Gasteiger partial charge on any atom is -0.361 e. The second-order valence-corrected chi connectivity index (χ2v) is 13.0. The molecule has 0 radical (unpaired) electrons. The lowest BCUT2D eigenvalue weighted by Gasteiger charge is -2.35. The molecule has 6 heteroatoms. The molecule has 0 bridgehead atoms. The summed E-state index contributed by atoms with van der Waals surface area (Å²) >= 11 is 0. The van der Waals surface area contributed by atoms with Crippen LogP contribution in [0.5, 0.6) is 0 Å². The van der Waals surface area contributed by atoms with Gasteiger partial charge in [-0.25, -0.2) is 0 Å². The van der Waals surface area contributed by atoms with Crippen LogP contribution in [-0.2, 0) is 25.8 Å². The first-order valence-corrected chi connectivity index (χ1v) is 10.9. The van der Waals surface area contributed by atoms with Gasteiger partial charge in [0.15, 0.2) is 19.5 Å². The van der Waals surface area contributed by atoms with Gasteiger partial charge in [0, 0.05) is 4.66 Å². The maximum atomic E-state index is 11.5. The van der Waals surface area contributed by atoms with E-state index in [0.29, 0.717) is 0 Å². The molecular formula is C15H19O3PSi2. The smallest absolute Gasteiger partial charge is 0.298 e. The van der Waals surface area contributed by atoms with E-state index in [4.69, 9.17) is 8.43 Å². The van der Waals surface area contributed by atoms with Crippen LogP contribution < -0.4 is 0 Å². The molecule has 0 atom stereocenters. The highest BCUT2D eigenvalue weighted by molar-refractivity contribution is 7.37. The van der Waals surface area contributed by atoms with Gasteiger partial charge in [-0.05, 0) is 24.0 Å². The SMILES string of the molecule is O=[PH]1O[SiH2]C(Cc2ccccc2)(Cc2ccccc2)[SiH2]O1. The summed E-state index contributed by atoms with van der Waals surface area (Å²) in [5, 5.41) is 0. The quantitative estimate of drug-likeness (QED) is 0.635. The van der Waals surface area contributed by atoms with E-state index in [0.717, 1.165) is 12.8 Å². The van der Waals surface area contributed by atoms with E-state index >= 15 is 0 Å². The van der Waals surface area contributed by atoms with Crippen molar-refractivity contribution in [3.05, 3.63) is 71.8 Å². The van der Waals surface area contributed by atoms with Crippen molar-refractivity contribution in [1.29, 1.82) is 0 Å². The molecule has 0 N–H and O–H groups in total. The zero-order valence-electron chi connectivity index (χ0n) is 11.8. The van der Waals surface area contributed by atoms with Crippen LogP contribution in [0.1, 0.15) is 11.1 Å². The van der Waals surface area contributed by atoms with Gasteiger partial charge in [-0.2, -0.15) is 0 Å². The Morgan fingerprint density at radius 2 is 1.24 bits per heavy atom. The summed E-state index contributed by atoms with van der Waals surface area (Å²) in [5.41, 5.74) is 2.64. The molecule has 2 aromatic rings. The van der Waals surface area contributed by atoms with Crippen molar-refractivity contribution < 1.29 is 13.0 Å². The van der Waals surface area contributed by atoms with Gasteiger partial charge >= 0.3 is 0 Å². The zero-order valence-corrected chi connectivity index (χ0v) is 15.7. The maximum Gasteiger partial charge on any atom is 0.298 e. The van der Waals surface area contributed by atoms with Gasteiger partial charge in [0.25, 0.3) is 8.25 Å². The van der Waals surface area contributed by atoms with Gasteiger partial charge in [-0.15, -0.1) is 0 Å². The van der Waals surface area contributed by atoms with Crippen LogP contribution in [0.3, 0.4) is 0 Å². The van der Waals surface area contributed by atoms with E-state index in [1.54, 1.807) is 0 Å². The van der Waals surface area contributed by atoms with Gasteiger partial charge in [0.1, 0.15) is 0 Å². The summed E-state index contributed by atoms with van der Waals surface area (Å²) in [5.74, 6) is 0. The zero-order chi connectivity index (χ0) is 14.5. The third-order valence-electron chi connectivity index (χ3n) is 3.84. The minimum absolute atomic E-state index is 0.126. The molecule has 21 heavy (non-hydrogen) atoms. The van der Waals surface area contributed by atoms with E-state index in [9.17, 15) is 4.57 Å². The van der Waals surface area contributed by atoms with E-state index < -0.39 is 27.8 Å². The van der Waals surface area contributed by atoms with Crippen molar-refractivity contribution in [1.82, 2.24) is 0 Å². The average Bonchev–Trinajstić information content (AvgIpc) is 2.52. The molecule has 1 heterocycles. The number of rotatable bonds is 4. The molecule has 0 unspecified atom stereocenters. The molecule has 0 saturated carbocycles. The highest BCUT2D eigenvalue weighted by Gasteiger charge is 2.37. The van der Waals surface area contributed by atoms with Gasteiger partial charge in [-0.1, -0.05) is 60.7 Å². The Morgan fingerprint density at radius 3 is 1.67 bits per heavy atom. The van der Waals surface area contributed by atoms with Crippen molar-refractivity contribution in [2.45, 2.75) is 17.5 Å². The van der Waals surface area contributed by atoms with Crippen LogP contribution in [0, 0.1) is 0 Å². The van der Waals surface area contributed by atoms with Crippen LogP contribution in [0.4, 0.5) is 0 Å².